The SMILES string of the molecule is Cc1ccc(NC(=O)c2nc(-c3ccn(C4CCCC4)c3)n3ccccc23)nc1. The van der Waals surface area contributed by atoms with Gasteiger partial charge in [-0.3, -0.25) is 9.20 Å². The Morgan fingerprint density at radius 2 is 1.97 bits per heavy atom. The van der Waals surface area contributed by atoms with Crippen molar-refractivity contribution in [2.75, 3.05) is 5.32 Å². The summed E-state index contributed by atoms with van der Waals surface area (Å²) in [4.78, 5) is 21.9. The van der Waals surface area contributed by atoms with Crippen molar-refractivity contribution in [3.05, 3.63) is 72.4 Å². The maximum Gasteiger partial charge on any atom is 0.277 e. The molecule has 4 aromatic rings. The van der Waals surface area contributed by atoms with Crippen LogP contribution in [0.25, 0.3) is 16.9 Å². The second-order valence-corrected chi connectivity index (χ2v) is 7.70. The maximum absolute atomic E-state index is 12.9. The van der Waals surface area contributed by atoms with E-state index < -0.39 is 0 Å². The zero-order chi connectivity index (χ0) is 19.8. The summed E-state index contributed by atoms with van der Waals surface area (Å²) in [5.41, 5.74) is 3.24. The van der Waals surface area contributed by atoms with Crippen LogP contribution in [-0.2, 0) is 0 Å². The van der Waals surface area contributed by atoms with Crippen molar-refractivity contribution in [2.24, 2.45) is 0 Å². The van der Waals surface area contributed by atoms with E-state index in [9.17, 15) is 4.79 Å². The number of aryl methyl sites for hydroxylation is 1. The summed E-state index contributed by atoms with van der Waals surface area (Å²) in [6.45, 7) is 1.96. The number of fused-ring (bicyclic) bond motifs is 1. The van der Waals surface area contributed by atoms with E-state index in [1.807, 2.05) is 41.8 Å². The summed E-state index contributed by atoms with van der Waals surface area (Å²) >= 11 is 0. The van der Waals surface area contributed by atoms with Crippen LogP contribution in [-0.4, -0.2) is 24.8 Å². The molecule has 4 heterocycles. The number of imidazole rings is 1. The second kappa shape index (κ2) is 7.20. The Balaban J connectivity index is 1.51. The first kappa shape index (κ1) is 17.7. The molecule has 0 atom stereocenters. The molecule has 5 rings (SSSR count). The molecule has 0 spiro atoms. The van der Waals surface area contributed by atoms with Crippen molar-refractivity contribution in [1.82, 2.24) is 18.9 Å². The number of hydrogen-bond donors (Lipinski definition) is 1. The van der Waals surface area contributed by atoms with Crippen LogP contribution in [0.15, 0.2) is 61.2 Å². The molecule has 0 aromatic carbocycles. The summed E-state index contributed by atoms with van der Waals surface area (Å²) in [5, 5.41) is 2.86. The molecule has 0 aliphatic heterocycles. The van der Waals surface area contributed by atoms with Gasteiger partial charge >= 0.3 is 0 Å². The highest BCUT2D eigenvalue weighted by Crippen LogP contribution is 2.32. The van der Waals surface area contributed by atoms with Crippen LogP contribution in [0, 0.1) is 6.92 Å². The number of anilines is 1. The molecule has 0 unspecified atom stereocenters. The normalized spacial score (nSPS) is 14.5. The molecule has 1 N–H and O–H groups in total. The van der Waals surface area contributed by atoms with Crippen molar-refractivity contribution in [2.45, 2.75) is 38.6 Å². The smallest absolute Gasteiger partial charge is 0.277 e. The third-order valence-electron chi connectivity index (χ3n) is 5.64. The Kier molecular flexibility index (Phi) is 4.39. The molecular formula is C23H23N5O. The zero-order valence-electron chi connectivity index (χ0n) is 16.4. The predicted molar refractivity (Wildman–Crippen MR) is 113 cm³/mol. The van der Waals surface area contributed by atoms with Gasteiger partial charge in [-0.15, -0.1) is 0 Å². The van der Waals surface area contributed by atoms with Gasteiger partial charge in [0.05, 0.1) is 5.52 Å². The maximum atomic E-state index is 12.9. The minimum atomic E-state index is -0.258. The molecule has 29 heavy (non-hydrogen) atoms. The van der Waals surface area contributed by atoms with Gasteiger partial charge in [0.15, 0.2) is 5.69 Å². The summed E-state index contributed by atoms with van der Waals surface area (Å²) < 4.78 is 4.27. The second-order valence-electron chi connectivity index (χ2n) is 7.70. The molecule has 0 bridgehead atoms. The lowest BCUT2D eigenvalue weighted by atomic mass is 10.2. The highest BCUT2D eigenvalue weighted by molar-refractivity contribution is 6.07. The van der Waals surface area contributed by atoms with Gasteiger partial charge in [0, 0.05) is 36.4 Å². The molecule has 1 fully saturated rings. The molecule has 0 radical (unpaired) electrons. The fourth-order valence-corrected chi connectivity index (χ4v) is 4.10. The fraction of sp³-hybridized carbons (Fsp3) is 0.261. The first-order valence-corrected chi connectivity index (χ1v) is 10.1. The van der Waals surface area contributed by atoms with Gasteiger partial charge in [0.25, 0.3) is 5.91 Å². The first-order valence-electron chi connectivity index (χ1n) is 10.1. The molecule has 6 heteroatoms. The van der Waals surface area contributed by atoms with Crippen LogP contribution in [0.5, 0.6) is 0 Å². The van der Waals surface area contributed by atoms with E-state index in [1.54, 1.807) is 12.3 Å². The molecule has 4 aromatic heterocycles. The van der Waals surface area contributed by atoms with Gasteiger partial charge in [0.2, 0.25) is 0 Å². The molecule has 6 nitrogen and oxygen atoms in total. The van der Waals surface area contributed by atoms with Crippen LogP contribution < -0.4 is 5.32 Å². The van der Waals surface area contributed by atoms with Crippen LogP contribution >= 0.6 is 0 Å². The average Bonchev–Trinajstić information content (AvgIpc) is 3.48. The fourth-order valence-electron chi connectivity index (χ4n) is 4.10. The Morgan fingerprint density at radius 1 is 1.10 bits per heavy atom. The summed E-state index contributed by atoms with van der Waals surface area (Å²) in [6, 6.07) is 12.2. The van der Waals surface area contributed by atoms with E-state index in [0.29, 0.717) is 17.6 Å². The zero-order valence-corrected chi connectivity index (χ0v) is 16.4. The van der Waals surface area contributed by atoms with Crippen molar-refractivity contribution in [3.8, 4) is 11.4 Å². The monoisotopic (exact) mass is 385 g/mol. The highest BCUT2D eigenvalue weighted by atomic mass is 16.2. The Labute approximate surface area is 169 Å². The lowest BCUT2D eigenvalue weighted by molar-refractivity contribution is 0.102. The number of rotatable bonds is 4. The van der Waals surface area contributed by atoms with Gasteiger partial charge in [-0.25, -0.2) is 9.97 Å². The van der Waals surface area contributed by atoms with E-state index in [4.69, 9.17) is 4.98 Å². The molecular weight excluding hydrogens is 362 g/mol. The standard InChI is InChI=1S/C23H23N5O/c1-16-9-10-20(24-14-16)25-23(29)21-19-8-4-5-12-28(19)22(26-21)17-11-13-27(15-17)18-6-2-3-7-18/h4-5,8-15,18H,2-3,6-7H2,1H3,(H,24,25,29). The molecule has 1 aliphatic rings. The lowest BCUT2D eigenvalue weighted by Gasteiger charge is -2.10. The summed E-state index contributed by atoms with van der Waals surface area (Å²) in [7, 11) is 0. The predicted octanol–water partition coefficient (Wildman–Crippen LogP) is 4.87. The molecule has 0 saturated heterocycles. The van der Waals surface area contributed by atoms with Crippen LogP contribution in [0.2, 0.25) is 0 Å². The quantitative estimate of drug-likeness (QED) is 0.545. The first-order chi connectivity index (χ1) is 14.2. The number of hydrogen-bond acceptors (Lipinski definition) is 3. The number of carbonyl (C=O) groups excluding carboxylic acids is 1. The van der Waals surface area contributed by atoms with E-state index in [1.165, 1.54) is 25.7 Å². The lowest BCUT2D eigenvalue weighted by Crippen LogP contribution is -2.13. The van der Waals surface area contributed by atoms with Crippen molar-refractivity contribution >= 4 is 17.2 Å². The Bertz CT molecular complexity index is 1170. The van der Waals surface area contributed by atoms with Gasteiger partial charge in [-0.2, -0.15) is 0 Å². The van der Waals surface area contributed by atoms with Crippen molar-refractivity contribution in [3.63, 3.8) is 0 Å². The van der Waals surface area contributed by atoms with Crippen LogP contribution in [0.1, 0.15) is 47.8 Å². The molecule has 1 amide bonds. The third-order valence-corrected chi connectivity index (χ3v) is 5.64. The minimum Gasteiger partial charge on any atom is -0.351 e. The highest BCUT2D eigenvalue weighted by Gasteiger charge is 2.21. The number of amides is 1. The van der Waals surface area contributed by atoms with E-state index in [2.05, 4.69) is 33.3 Å². The average molecular weight is 385 g/mol. The molecule has 1 aliphatic carbocycles. The van der Waals surface area contributed by atoms with E-state index >= 15 is 0 Å². The minimum absolute atomic E-state index is 0.258. The topological polar surface area (TPSA) is 64.2 Å². The van der Waals surface area contributed by atoms with Crippen molar-refractivity contribution < 1.29 is 4.79 Å². The number of carbonyl (C=O) groups is 1. The summed E-state index contributed by atoms with van der Waals surface area (Å²) in [5.74, 6) is 1.04. The Morgan fingerprint density at radius 3 is 2.76 bits per heavy atom. The Hall–Kier alpha value is -3.41. The number of nitrogens with one attached hydrogen (secondary N) is 1. The van der Waals surface area contributed by atoms with Gasteiger partial charge in [0.1, 0.15) is 11.6 Å². The van der Waals surface area contributed by atoms with Crippen molar-refractivity contribution in [1.29, 1.82) is 0 Å². The van der Waals surface area contributed by atoms with Crippen LogP contribution in [0.3, 0.4) is 0 Å². The van der Waals surface area contributed by atoms with Gasteiger partial charge < -0.3 is 9.88 Å². The number of nitrogens with zero attached hydrogens (tertiary/aromatic N) is 4. The number of aromatic nitrogens is 4. The van der Waals surface area contributed by atoms with Crippen LogP contribution in [0.4, 0.5) is 5.82 Å². The summed E-state index contributed by atoms with van der Waals surface area (Å²) in [6.07, 6.45) is 13.0. The molecule has 146 valence electrons. The third kappa shape index (κ3) is 3.31. The van der Waals surface area contributed by atoms with E-state index in [0.717, 1.165) is 22.5 Å². The largest absolute Gasteiger partial charge is 0.351 e. The van der Waals surface area contributed by atoms with Gasteiger partial charge in [-0.1, -0.05) is 25.0 Å². The molecule has 1 saturated carbocycles. The number of pyridine rings is 2. The van der Waals surface area contributed by atoms with E-state index in [-0.39, 0.29) is 5.91 Å². The van der Waals surface area contributed by atoms with Gasteiger partial charge in [-0.05, 0) is 49.6 Å².